The monoisotopic (exact) mass is 321 g/mol. The molecular formula is C18H25F2N3. The van der Waals surface area contributed by atoms with Crippen molar-refractivity contribution in [3.05, 3.63) is 35.4 Å². The van der Waals surface area contributed by atoms with Gasteiger partial charge in [0.25, 0.3) is 0 Å². The molecule has 1 atom stereocenters. The summed E-state index contributed by atoms with van der Waals surface area (Å²) in [6, 6.07) is 3.85. The second-order valence-corrected chi connectivity index (χ2v) is 6.96. The number of nitrogens with zero attached hydrogens (tertiary/aromatic N) is 1. The molecule has 2 N–H and O–H groups in total. The minimum atomic E-state index is -0.820. The van der Waals surface area contributed by atoms with Crippen LogP contribution < -0.4 is 10.6 Å². The third-order valence-electron chi connectivity index (χ3n) is 5.42. The van der Waals surface area contributed by atoms with Crippen LogP contribution in [-0.2, 0) is 0 Å². The van der Waals surface area contributed by atoms with Crippen molar-refractivity contribution >= 4 is 5.96 Å². The fourth-order valence-corrected chi connectivity index (χ4v) is 3.58. The maximum Gasteiger partial charge on any atom is 0.191 e. The fraction of sp³-hybridized carbons (Fsp3) is 0.611. The van der Waals surface area contributed by atoms with Crippen LogP contribution in [0.4, 0.5) is 8.78 Å². The number of rotatable bonds is 5. The van der Waals surface area contributed by atoms with Gasteiger partial charge in [-0.3, -0.25) is 4.99 Å². The molecule has 3 rings (SSSR count). The van der Waals surface area contributed by atoms with E-state index in [-0.39, 0.29) is 6.04 Å². The number of halogens is 2. The van der Waals surface area contributed by atoms with Crippen LogP contribution in [0.5, 0.6) is 0 Å². The molecule has 0 saturated heterocycles. The largest absolute Gasteiger partial charge is 0.356 e. The molecule has 2 saturated carbocycles. The lowest BCUT2D eigenvalue weighted by Crippen LogP contribution is -2.47. The second kappa shape index (κ2) is 6.46. The minimum Gasteiger partial charge on any atom is -0.356 e. The van der Waals surface area contributed by atoms with Crippen LogP contribution in [0.15, 0.2) is 23.2 Å². The topological polar surface area (TPSA) is 36.4 Å². The Hall–Kier alpha value is -1.65. The first kappa shape index (κ1) is 16.2. The summed E-state index contributed by atoms with van der Waals surface area (Å²) in [5, 5.41) is 6.69. The Morgan fingerprint density at radius 3 is 2.57 bits per heavy atom. The van der Waals surface area contributed by atoms with Gasteiger partial charge in [-0.1, -0.05) is 12.5 Å². The zero-order chi connectivity index (χ0) is 16.4. The van der Waals surface area contributed by atoms with E-state index in [0.717, 1.165) is 18.5 Å². The van der Waals surface area contributed by atoms with Crippen molar-refractivity contribution in [2.45, 2.75) is 45.1 Å². The van der Waals surface area contributed by atoms with Gasteiger partial charge in [-0.05, 0) is 61.6 Å². The van der Waals surface area contributed by atoms with Gasteiger partial charge in [0.2, 0.25) is 0 Å². The van der Waals surface area contributed by atoms with E-state index in [9.17, 15) is 8.78 Å². The average Bonchev–Trinajstić information content (AvgIpc) is 3.32. The van der Waals surface area contributed by atoms with Gasteiger partial charge in [0, 0.05) is 13.6 Å². The number of guanidine groups is 1. The molecule has 0 spiro atoms. The molecule has 0 radical (unpaired) electrons. The van der Waals surface area contributed by atoms with Crippen molar-refractivity contribution in [1.82, 2.24) is 10.6 Å². The molecule has 2 aliphatic rings. The number of aliphatic imine (C=N–C) groups is 1. The van der Waals surface area contributed by atoms with Gasteiger partial charge < -0.3 is 10.6 Å². The summed E-state index contributed by atoms with van der Waals surface area (Å²) in [5.41, 5.74) is 1.16. The first-order valence-electron chi connectivity index (χ1n) is 8.46. The molecule has 2 fully saturated rings. The first-order chi connectivity index (χ1) is 11.0. The van der Waals surface area contributed by atoms with Gasteiger partial charge in [-0.15, -0.1) is 0 Å². The highest BCUT2D eigenvalue weighted by Gasteiger charge is 2.48. The van der Waals surface area contributed by atoms with Crippen LogP contribution in [0, 0.1) is 23.0 Å². The summed E-state index contributed by atoms with van der Waals surface area (Å²) < 4.78 is 26.4. The van der Waals surface area contributed by atoms with Gasteiger partial charge >= 0.3 is 0 Å². The number of hydrogen-bond donors (Lipinski definition) is 2. The maximum atomic E-state index is 13.4. The first-order valence-corrected chi connectivity index (χ1v) is 8.46. The van der Waals surface area contributed by atoms with E-state index in [4.69, 9.17) is 0 Å². The standard InChI is InChI=1S/C18H25F2N3/c1-12(13-4-7-15(19)16(20)10-13)23-17(21-2)22-11-18(8-3-9-18)14-5-6-14/h4,7,10,12,14H,3,5-6,8-9,11H2,1-2H3,(H2,21,22,23). The van der Waals surface area contributed by atoms with Gasteiger partial charge in [0.1, 0.15) is 0 Å². The third-order valence-corrected chi connectivity index (χ3v) is 5.42. The summed E-state index contributed by atoms with van der Waals surface area (Å²) in [5.74, 6) is -0.0410. The fourth-order valence-electron chi connectivity index (χ4n) is 3.58. The van der Waals surface area contributed by atoms with E-state index in [1.165, 1.54) is 38.2 Å². The van der Waals surface area contributed by atoms with E-state index in [1.54, 1.807) is 13.1 Å². The summed E-state index contributed by atoms with van der Waals surface area (Å²) in [4.78, 5) is 4.26. The molecule has 126 valence electrons. The quantitative estimate of drug-likeness (QED) is 0.640. The van der Waals surface area contributed by atoms with Gasteiger partial charge in [0.05, 0.1) is 6.04 Å². The SMILES string of the molecule is CN=C(NCC1(C2CC2)CCC1)NC(C)c1ccc(F)c(F)c1. The molecule has 1 unspecified atom stereocenters. The Morgan fingerprint density at radius 2 is 2.04 bits per heavy atom. The molecule has 0 heterocycles. The van der Waals surface area contributed by atoms with Crippen molar-refractivity contribution in [2.24, 2.45) is 16.3 Å². The van der Waals surface area contributed by atoms with Gasteiger partial charge in [-0.25, -0.2) is 8.78 Å². The minimum absolute atomic E-state index is 0.144. The van der Waals surface area contributed by atoms with Crippen LogP contribution in [0.25, 0.3) is 0 Å². The summed E-state index contributed by atoms with van der Waals surface area (Å²) in [6.07, 6.45) is 6.66. The van der Waals surface area contributed by atoms with Crippen molar-refractivity contribution in [3.8, 4) is 0 Å². The highest BCUT2D eigenvalue weighted by molar-refractivity contribution is 5.80. The molecule has 1 aromatic carbocycles. The normalized spacial score (nSPS) is 21.5. The lowest BCUT2D eigenvalue weighted by atomic mass is 9.65. The molecule has 0 aromatic heterocycles. The molecule has 0 aliphatic heterocycles. The van der Waals surface area contributed by atoms with Gasteiger partial charge in [0.15, 0.2) is 17.6 Å². The predicted octanol–water partition coefficient (Wildman–Crippen LogP) is 3.77. The maximum absolute atomic E-state index is 13.4. The molecule has 1 aromatic rings. The zero-order valence-electron chi connectivity index (χ0n) is 13.8. The average molecular weight is 321 g/mol. The van der Waals surface area contributed by atoms with Crippen LogP contribution in [0.1, 0.15) is 50.6 Å². The lowest BCUT2D eigenvalue weighted by Gasteiger charge is -2.43. The lowest BCUT2D eigenvalue weighted by molar-refractivity contribution is 0.106. The highest BCUT2D eigenvalue weighted by atomic mass is 19.2. The smallest absolute Gasteiger partial charge is 0.191 e. The third kappa shape index (κ3) is 3.48. The molecule has 23 heavy (non-hydrogen) atoms. The van der Waals surface area contributed by atoms with Crippen molar-refractivity contribution in [1.29, 1.82) is 0 Å². The highest BCUT2D eigenvalue weighted by Crippen LogP contribution is 2.56. The van der Waals surface area contributed by atoms with E-state index in [0.29, 0.717) is 16.9 Å². The van der Waals surface area contributed by atoms with E-state index in [2.05, 4.69) is 15.6 Å². The summed E-state index contributed by atoms with van der Waals surface area (Å²) in [6.45, 7) is 2.86. The summed E-state index contributed by atoms with van der Waals surface area (Å²) in [7, 11) is 1.73. The Bertz CT molecular complexity index is 592. The summed E-state index contributed by atoms with van der Waals surface area (Å²) >= 11 is 0. The number of benzene rings is 1. The molecule has 3 nitrogen and oxygen atoms in total. The Morgan fingerprint density at radius 1 is 1.30 bits per heavy atom. The van der Waals surface area contributed by atoms with E-state index in [1.807, 2.05) is 6.92 Å². The van der Waals surface area contributed by atoms with E-state index < -0.39 is 11.6 Å². The Balaban J connectivity index is 1.57. The van der Waals surface area contributed by atoms with Crippen LogP contribution >= 0.6 is 0 Å². The number of nitrogens with one attached hydrogen (secondary N) is 2. The molecule has 2 aliphatic carbocycles. The van der Waals surface area contributed by atoms with Crippen LogP contribution in [-0.4, -0.2) is 19.6 Å². The van der Waals surface area contributed by atoms with Crippen molar-refractivity contribution < 1.29 is 8.78 Å². The van der Waals surface area contributed by atoms with Crippen LogP contribution in [0.3, 0.4) is 0 Å². The Kier molecular flexibility index (Phi) is 4.55. The molecular weight excluding hydrogens is 296 g/mol. The van der Waals surface area contributed by atoms with Crippen molar-refractivity contribution in [2.75, 3.05) is 13.6 Å². The second-order valence-electron chi connectivity index (χ2n) is 6.96. The Labute approximate surface area is 136 Å². The molecule has 0 bridgehead atoms. The van der Waals surface area contributed by atoms with Crippen LogP contribution in [0.2, 0.25) is 0 Å². The number of hydrogen-bond acceptors (Lipinski definition) is 1. The molecule has 0 amide bonds. The van der Waals surface area contributed by atoms with Crippen molar-refractivity contribution in [3.63, 3.8) is 0 Å². The predicted molar refractivity (Wildman–Crippen MR) is 88.3 cm³/mol. The van der Waals surface area contributed by atoms with Gasteiger partial charge in [-0.2, -0.15) is 0 Å². The van der Waals surface area contributed by atoms with E-state index >= 15 is 0 Å². The zero-order valence-corrected chi connectivity index (χ0v) is 13.8. The molecule has 5 heteroatoms.